The minimum Gasteiger partial charge on any atom is -0.507 e. The van der Waals surface area contributed by atoms with Gasteiger partial charge in [0.25, 0.3) is 5.91 Å². The van der Waals surface area contributed by atoms with Gasteiger partial charge < -0.3 is 10.4 Å². The van der Waals surface area contributed by atoms with E-state index in [2.05, 4.69) is 15.3 Å². The summed E-state index contributed by atoms with van der Waals surface area (Å²) in [5.41, 5.74) is 1.63. The lowest BCUT2D eigenvalue weighted by molar-refractivity contribution is 0.0947. The van der Waals surface area contributed by atoms with E-state index < -0.39 is 5.91 Å². The average Bonchev–Trinajstić information content (AvgIpc) is 2.37. The molecule has 0 radical (unpaired) electrons. The predicted molar refractivity (Wildman–Crippen MR) is 71.1 cm³/mol. The molecule has 0 aliphatic rings. The van der Waals surface area contributed by atoms with Crippen molar-refractivity contribution >= 4 is 17.5 Å². The molecule has 2 rings (SSSR count). The van der Waals surface area contributed by atoms with Crippen molar-refractivity contribution in [3.63, 3.8) is 0 Å². The minimum absolute atomic E-state index is 0.153. The maximum atomic E-state index is 11.9. The molecule has 1 heterocycles. The molecule has 0 bridgehead atoms. The molecule has 1 amide bonds. The van der Waals surface area contributed by atoms with Crippen molar-refractivity contribution in [2.75, 3.05) is 0 Å². The number of phenols is 1. The van der Waals surface area contributed by atoms with Crippen LogP contribution in [0.3, 0.4) is 0 Å². The summed E-state index contributed by atoms with van der Waals surface area (Å²) in [4.78, 5) is 20.1. The highest BCUT2D eigenvalue weighted by atomic mass is 35.5. The number of aromatic nitrogens is 2. The summed E-state index contributed by atoms with van der Waals surface area (Å²) >= 11 is 5.70. The maximum absolute atomic E-state index is 11.9. The van der Waals surface area contributed by atoms with E-state index in [1.807, 2.05) is 6.92 Å². The molecule has 6 heteroatoms. The van der Waals surface area contributed by atoms with Gasteiger partial charge in [-0.3, -0.25) is 14.8 Å². The van der Waals surface area contributed by atoms with Crippen molar-refractivity contribution in [1.29, 1.82) is 0 Å². The molecule has 0 spiro atoms. The number of amides is 1. The lowest BCUT2D eigenvalue weighted by atomic mass is 10.2. The number of rotatable bonds is 3. The lowest BCUT2D eigenvalue weighted by Gasteiger charge is -2.06. The number of carbonyl (C=O) groups excluding carboxylic acids is 1. The molecule has 1 aromatic heterocycles. The molecule has 5 nitrogen and oxygen atoms in total. The van der Waals surface area contributed by atoms with Crippen LogP contribution in [0.5, 0.6) is 5.75 Å². The largest absolute Gasteiger partial charge is 0.507 e. The molecule has 0 aliphatic heterocycles. The molecule has 2 N–H and O–H groups in total. The molecule has 19 heavy (non-hydrogen) atoms. The van der Waals surface area contributed by atoms with Gasteiger partial charge in [-0.2, -0.15) is 0 Å². The summed E-state index contributed by atoms with van der Waals surface area (Å²) in [6, 6.07) is 4.33. The number of hydrogen-bond acceptors (Lipinski definition) is 4. The van der Waals surface area contributed by atoms with Crippen LogP contribution in [0.2, 0.25) is 5.02 Å². The molecule has 0 atom stereocenters. The van der Waals surface area contributed by atoms with Gasteiger partial charge in [0.2, 0.25) is 0 Å². The molecular formula is C13H12ClN3O2. The zero-order valence-electron chi connectivity index (χ0n) is 10.2. The van der Waals surface area contributed by atoms with E-state index in [9.17, 15) is 9.90 Å². The standard InChI is InChI=1S/C13H12ClN3O2/c1-8-5-16-10(6-15-8)7-17-13(19)11-3-2-9(14)4-12(11)18/h2-6,18H,7H2,1H3,(H,17,19). The van der Waals surface area contributed by atoms with Crippen molar-refractivity contribution in [2.45, 2.75) is 13.5 Å². The predicted octanol–water partition coefficient (Wildman–Crippen LogP) is 2.07. The van der Waals surface area contributed by atoms with E-state index in [-0.39, 0.29) is 17.9 Å². The fraction of sp³-hybridized carbons (Fsp3) is 0.154. The SMILES string of the molecule is Cc1cnc(CNC(=O)c2ccc(Cl)cc2O)cn1. The van der Waals surface area contributed by atoms with Crippen molar-refractivity contribution in [2.24, 2.45) is 0 Å². The second-order valence-corrected chi connectivity index (χ2v) is 4.43. The van der Waals surface area contributed by atoms with Gasteiger partial charge in [-0.15, -0.1) is 0 Å². The summed E-state index contributed by atoms with van der Waals surface area (Å²) in [5, 5.41) is 12.6. The molecule has 2 aromatic rings. The van der Waals surface area contributed by atoms with Crippen LogP contribution in [0.15, 0.2) is 30.6 Å². The van der Waals surface area contributed by atoms with Gasteiger partial charge in [-0.25, -0.2) is 0 Å². The minimum atomic E-state index is -0.392. The van der Waals surface area contributed by atoms with E-state index >= 15 is 0 Å². The van der Waals surface area contributed by atoms with Crippen LogP contribution in [0.4, 0.5) is 0 Å². The summed E-state index contributed by atoms with van der Waals surface area (Å²) in [7, 11) is 0. The van der Waals surface area contributed by atoms with E-state index in [0.29, 0.717) is 10.7 Å². The Labute approximate surface area is 115 Å². The van der Waals surface area contributed by atoms with Crippen LogP contribution in [0.1, 0.15) is 21.7 Å². The van der Waals surface area contributed by atoms with Crippen LogP contribution in [-0.2, 0) is 6.54 Å². The maximum Gasteiger partial charge on any atom is 0.255 e. The fourth-order valence-corrected chi connectivity index (χ4v) is 1.64. The van der Waals surface area contributed by atoms with Crippen LogP contribution in [0.25, 0.3) is 0 Å². The smallest absolute Gasteiger partial charge is 0.255 e. The molecule has 1 aromatic carbocycles. The number of nitrogens with zero attached hydrogens (tertiary/aromatic N) is 2. The van der Waals surface area contributed by atoms with E-state index in [4.69, 9.17) is 11.6 Å². The Hall–Kier alpha value is -2.14. The van der Waals surface area contributed by atoms with Crippen LogP contribution < -0.4 is 5.32 Å². The first-order chi connectivity index (χ1) is 9.06. The number of halogens is 1. The fourth-order valence-electron chi connectivity index (χ4n) is 1.47. The highest BCUT2D eigenvalue weighted by Crippen LogP contribution is 2.21. The number of phenolic OH excluding ortho intramolecular Hbond substituents is 1. The van der Waals surface area contributed by atoms with Crippen LogP contribution in [0, 0.1) is 6.92 Å². The Bertz CT molecular complexity index is 599. The summed E-state index contributed by atoms with van der Waals surface area (Å²) in [6.45, 7) is 2.08. The van der Waals surface area contributed by atoms with Crippen molar-refractivity contribution < 1.29 is 9.90 Å². The first-order valence-electron chi connectivity index (χ1n) is 5.60. The molecule has 98 valence electrons. The molecular weight excluding hydrogens is 266 g/mol. The third kappa shape index (κ3) is 3.42. The summed E-state index contributed by atoms with van der Waals surface area (Å²) in [6.07, 6.45) is 3.22. The highest BCUT2D eigenvalue weighted by molar-refractivity contribution is 6.30. The second-order valence-electron chi connectivity index (χ2n) is 3.99. The first-order valence-corrected chi connectivity index (χ1v) is 5.98. The monoisotopic (exact) mass is 277 g/mol. The molecule has 0 unspecified atom stereocenters. The molecule has 0 saturated heterocycles. The Morgan fingerprint density at radius 1 is 1.37 bits per heavy atom. The quantitative estimate of drug-likeness (QED) is 0.901. The van der Waals surface area contributed by atoms with Crippen molar-refractivity contribution in [3.8, 4) is 5.75 Å². The zero-order valence-corrected chi connectivity index (χ0v) is 11.0. The number of benzene rings is 1. The van der Waals surface area contributed by atoms with Gasteiger partial charge in [0.15, 0.2) is 0 Å². The third-order valence-electron chi connectivity index (χ3n) is 2.47. The number of aryl methyl sites for hydroxylation is 1. The summed E-state index contributed by atoms with van der Waals surface area (Å²) < 4.78 is 0. The number of carbonyl (C=O) groups is 1. The normalized spacial score (nSPS) is 10.2. The Kier molecular flexibility index (Phi) is 3.97. The van der Waals surface area contributed by atoms with E-state index in [1.54, 1.807) is 18.5 Å². The molecule has 0 fully saturated rings. The van der Waals surface area contributed by atoms with Crippen LogP contribution >= 0.6 is 11.6 Å². The van der Waals surface area contributed by atoms with Crippen molar-refractivity contribution in [3.05, 3.63) is 52.6 Å². The summed E-state index contributed by atoms with van der Waals surface area (Å²) in [5.74, 6) is -0.545. The van der Waals surface area contributed by atoms with Gasteiger partial charge >= 0.3 is 0 Å². The van der Waals surface area contributed by atoms with Gasteiger partial charge in [0.05, 0.1) is 29.7 Å². The number of hydrogen-bond donors (Lipinski definition) is 2. The van der Waals surface area contributed by atoms with Gasteiger partial charge in [0, 0.05) is 11.2 Å². The zero-order chi connectivity index (χ0) is 13.8. The topological polar surface area (TPSA) is 75.1 Å². The highest BCUT2D eigenvalue weighted by Gasteiger charge is 2.11. The van der Waals surface area contributed by atoms with Gasteiger partial charge in [-0.1, -0.05) is 11.6 Å². The van der Waals surface area contributed by atoms with Gasteiger partial charge in [0.1, 0.15) is 5.75 Å². The third-order valence-corrected chi connectivity index (χ3v) is 2.70. The van der Waals surface area contributed by atoms with E-state index in [1.165, 1.54) is 12.1 Å². The average molecular weight is 278 g/mol. The van der Waals surface area contributed by atoms with Gasteiger partial charge in [-0.05, 0) is 25.1 Å². The molecule has 0 aliphatic carbocycles. The molecule has 0 saturated carbocycles. The second kappa shape index (κ2) is 5.67. The van der Waals surface area contributed by atoms with Crippen molar-refractivity contribution in [1.82, 2.24) is 15.3 Å². The first kappa shape index (κ1) is 13.3. The number of aromatic hydroxyl groups is 1. The Balaban J connectivity index is 2.03. The Morgan fingerprint density at radius 2 is 2.16 bits per heavy atom. The Morgan fingerprint density at radius 3 is 2.79 bits per heavy atom. The van der Waals surface area contributed by atoms with E-state index in [0.717, 1.165) is 5.69 Å². The lowest BCUT2D eigenvalue weighted by Crippen LogP contribution is -2.23. The number of nitrogens with one attached hydrogen (secondary N) is 1. The van der Waals surface area contributed by atoms with Crippen LogP contribution in [-0.4, -0.2) is 21.0 Å².